The molecule has 1 fully saturated rings. The molecule has 2 aromatic carbocycles. The van der Waals surface area contributed by atoms with Gasteiger partial charge in [0.15, 0.2) is 6.29 Å². The summed E-state index contributed by atoms with van der Waals surface area (Å²) in [7, 11) is -2.17. The zero-order chi connectivity index (χ0) is 20.6. The Labute approximate surface area is 168 Å². The third-order valence-corrected chi connectivity index (χ3v) is 7.21. The van der Waals surface area contributed by atoms with Crippen LogP contribution < -0.4 is 4.74 Å². The number of piperidine rings is 1. The number of aromatic nitrogens is 1. The molecule has 0 atom stereocenters. The summed E-state index contributed by atoms with van der Waals surface area (Å²) in [6.07, 6.45) is 3.36. The number of hydrogen-bond acceptors (Lipinski definition) is 4. The van der Waals surface area contributed by atoms with Gasteiger partial charge in [0.2, 0.25) is 10.0 Å². The standard InChI is InChI=1S/C21H21FN2O4S/c1-28-20-8-5-14(22)11-17(20)21-18(13-25)16-12-15(6-7-19(16)23-21)29(26,27)24-9-3-2-4-10-24/h5-8,11-13,23H,2-4,9-10H2,1H3. The van der Waals surface area contributed by atoms with Crippen molar-refractivity contribution >= 4 is 27.2 Å². The van der Waals surface area contributed by atoms with Crippen LogP contribution in [0.4, 0.5) is 4.39 Å². The maximum atomic E-state index is 13.8. The summed E-state index contributed by atoms with van der Waals surface area (Å²) in [6.45, 7) is 1.000. The van der Waals surface area contributed by atoms with Crippen LogP contribution in [-0.2, 0) is 10.0 Å². The first-order valence-corrected chi connectivity index (χ1v) is 10.8. The second-order valence-electron chi connectivity index (χ2n) is 7.05. The van der Waals surface area contributed by atoms with Crippen molar-refractivity contribution in [2.75, 3.05) is 20.2 Å². The van der Waals surface area contributed by atoms with Gasteiger partial charge >= 0.3 is 0 Å². The Bertz CT molecular complexity index is 1180. The van der Waals surface area contributed by atoms with Gasteiger partial charge in [0, 0.05) is 35.1 Å². The Morgan fingerprint density at radius 2 is 1.86 bits per heavy atom. The lowest BCUT2D eigenvalue weighted by Gasteiger charge is -2.25. The highest BCUT2D eigenvalue weighted by molar-refractivity contribution is 7.89. The molecular weight excluding hydrogens is 395 g/mol. The molecule has 0 aliphatic carbocycles. The van der Waals surface area contributed by atoms with E-state index in [1.54, 1.807) is 6.07 Å². The molecule has 0 spiro atoms. The van der Waals surface area contributed by atoms with Gasteiger partial charge in [-0.25, -0.2) is 12.8 Å². The summed E-state index contributed by atoms with van der Waals surface area (Å²) >= 11 is 0. The van der Waals surface area contributed by atoms with Crippen LogP contribution in [0.1, 0.15) is 29.6 Å². The van der Waals surface area contributed by atoms with Crippen LogP contribution in [0.15, 0.2) is 41.3 Å². The van der Waals surface area contributed by atoms with Crippen molar-refractivity contribution in [1.29, 1.82) is 0 Å². The molecule has 1 aromatic heterocycles. The molecule has 8 heteroatoms. The number of aldehydes is 1. The largest absolute Gasteiger partial charge is 0.496 e. The average molecular weight is 416 g/mol. The number of nitrogens with one attached hydrogen (secondary N) is 1. The van der Waals surface area contributed by atoms with Crippen molar-refractivity contribution in [2.24, 2.45) is 0 Å². The number of rotatable bonds is 5. The van der Waals surface area contributed by atoms with E-state index in [2.05, 4.69) is 4.98 Å². The minimum absolute atomic E-state index is 0.145. The second-order valence-corrected chi connectivity index (χ2v) is 8.99. The van der Waals surface area contributed by atoms with Gasteiger partial charge in [0.25, 0.3) is 0 Å². The van der Waals surface area contributed by atoms with Gasteiger partial charge < -0.3 is 9.72 Å². The quantitative estimate of drug-likeness (QED) is 0.639. The molecule has 29 heavy (non-hydrogen) atoms. The van der Waals surface area contributed by atoms with Crippen molar-refractivity contribution < 1.29 is 22.3 Å². The van der Waals surface area contributed by atoms with Crippen LogP contribution in [0.3, 0.4) is 0 Å². The van der Waals surface area contributed by atoms with Crippen LogP contribution >= 0.6 is 0 Å². The second kappa shape index (κ2) is 7.61. The van der Waals surface area contributed by atoms with Crippen LogP contribution in [-0.4, -0.2) is 44.2 Å². The summed E-state index contributed by atoms with van der Waals surface area (Å²) in [5.74, 6) is -0.0631. The van der Waals surface area contributed by atoms with Gasteiger partial charge in [0.05, 0.1) is 17.7 Å². The molecule has 1 aliphatic rings. The number of methoxy groups -OCH3 is 1. The average Bonchev–Trinajstić information content (AvgIpc) is 3.12. The molecule has 0 bridgehead atoms. The van der Waals surface area contributed by atoms with Gasteiger partial charge in [0.1, 0.15) is 11.6 Å². The van der Waals surface area contributed by atoms with Gasteiger partial charge in [-0.05, 0) is 49.2 Å². The maximum absolute atomic E-state index is 13.8. The van der Waals surface area contributed by atoms with E-state index in [1.165, 1.54) is 41.7 Å². The first-order valence-electron chi connectivity index (χ1n) is 9.40. The number of fused-ring (bicyclic) bond motifs is 1. The fraction of sp³-hybridized carbons (Fsp3) is 0.286. The monoisotopic (exact) mass is 416 g/mol. The van der Waals surface area contributed by atoms with Crippen LogP contribution in [0.5, 0.6) is 5.75 Å². The number of hydrogen-bond donors (Lipinski definition) is 1. The lowest BCUT2D eigenvalue weighted by molar-refractivity contribution is 0.112. The first kappa shape index (κ1) is 19.6. The fourth-order valence-electron chi connectivity index (χ4n) is 3.82. The lowest BCUT2D eigenvalue weighted by Crippen LogP contribution is -2.35. The van der Waals surface area contributed by atoms with E-state index in [9.17, 15) is 17.6 Å². The SMILES string of the molecule is COc1ccc(F)cc1-c1[nH]c2ccc(S(=O)(=O)N3CCCCC3)cc2c1C=O. The molecule has 6 nitrogen and oxygen atoms in total. The molecule has 1 aliphatic heterocycles. The third kappa shape index (κ3) is 3.42. The highest BCUT2D eigenvalue weighted by atomic mass is 32.2. The highest BCUT2D eigenvalue weighted by Gasteiger charge is 2.27. The van der Waals surface area contributed by atoms with E-state index < -0.39 is 15.8 Å². The van der Waals surface area contributed by atoms with E-state index in [-0.39, 0.29) is 10.5 Å². The van der Waals surface area contributed by atoms with Crippen LogP contribution in [0.2, 0.25) is 0 Å². The lowest BCUT2D eigenvalue weighted by atomic mass is 10.1. The number of sulfonamides is 1. The van der Waals surface area contributed by atoms with Crippen molar-refractivity contribution in [3.8, 4) is 17.0 Å². The minimum Gasteiger partial charge on any atom is -0.496 e. The molecule has 0 saturated carbocycles. The minimum atomic E-state index is -3.63. The molecule has 152 valence electrons. The van der Waals surface area contributed by atoms with Gasteiger partial charge in [-0.3, -0.25) is 4.79 Å². The van der Waals surface area contributed by atoms with E-state index in [4.69, 9.17) is 4.74 Å². The van der Waals surface area contributed by atoms with Gasteiger partial charge in [-0.1, -0.05) is 6.42 Å². The summed E-state index contributed by atoms with van der Waals surface area (Å²) in [5, 5.41) is 0.472. The number of nitrogens with zero attached hydrogens (tertiary/aromatic N) is 1. The van der Waals surface area contributed by atoms with Crippen LogP contribution in [0, 0.1) is 5.82 Å². The number of carbonyl (C=O) groups is 1. The summed E-state index contributed by atoms with van der Waals surface area (Å²) in [4.78, 5) is 15.2. The van der Waals surface area contributed by atoms with E-state index in [1.807, 2.05) is 0 Å². The van der Waals surface area contributed by atoms with Gasteiger partial charge in [-0.15, -0.1) is 0 Å². The molecule has 3 aromatic rings. The molecule has 0 unspecified atom stereocenters. The Morgan fingerprint density at radius 1 is 1.10 bits per heavy atom. The molecule has 4 rings (SSSR count). The number of H-pyrrole nitrogens is 1. The number of carbonyl (C=O) groups excluding carboxylic acids is 1. The van der Waals surface area contributed by atoms with Crippen molar-refractivity contribution in [3.05, 3.63) is 47.8 Å². The molecule has 0 amide bonds. The Morgan fingerprint density at radius 3 is 2.55 bits per heavy atom. The molecule has 0 radical (unpaired) electrons. The smallest absolute Gasteiger partial charge is 0.243 e. The van der Waals surface area contributed by atoms with Crippen molar-refractivity contribution in [2.45, 2.75) is 24.2 Å². The zero-order valence-electron chi connectivity index (χ0n) is 15.9. The maximum Gasteiger partial charge on any atom is 0.243 e. The van der Waals surface area contributed by atoms with Crippen LogP contribution in [0.25, 0.3) is 22.2 Å². The van der Waals surface area contributed by atoms with E-state index in [0.29, 0.717) is 47.3 Å². The summed E-state index contributed by atoms with van der Waals surface area (Å²) in [6, 6.07) is 8.71. The van der Waals surface area contributed by atoms with Gasteiger partial charge in [-0.2, -0.15) is 4.31 Å². The van der Waals surface area contributed by atoms with E-state index in [0.717, 1.165) is 19.3 Å². The topological polar surface area (TPSA) is 79.5 Å². The molecule has 2 heterocycles. The fourth-order valence-corrected chi connectivity index (χ4v) is 5.36. The van der Waals surface area contributed by atoms with E-state index >= 15 is 0 Å². The van der Waals surface area contributed by atoms with Crippen molar-refractivity contribution in [1.82, 2.24) is 9.29 Å². The first-order chi connectivity index (χ1) is 14.0. The normalized spacial score (nSPS) is 15.5. The number of aromatic amines is 1. The predicted octanol–water partition coefficient (Wildman–Crippen LogP) is 3.97. The zero-order valence-corrected chi connectivity index (χ0v) is 16.8. The summed E-state index contributed by atoms with van der Waals surface area (Å²) < 4.78 is 46.7. The highest BCUT2D eigenvalue weighted by Crippen LogP contribution is 2.36. The summed E-state index contributed by atoms with van der Waals surface area (Å²) in [5.41, 5.74) is 1.63. The third-order valence-electron chi connectivity index (χ3n) is 5.31. The van der Waals surface area contributed by atoms with Crippen molar-refractivity contribution in [3.63, 3.8) is 0 Å². The Balaban J connectivity index is 1.87. The Hall–Kier alpha value is -2.71. The predicted molar refractivity (Wildman–Crippen MR) is 108 cm³/mol. The molecule has 1 N–H and O–H groups in total. The number of ether oxygens (including phenoxy) is 1. The number of benzene rings is 2. The Kier molecular flexibility index (Phi) is 5.14. The molecule has 1 saturated heterocycles. The number of halogens is 1. The molecular formula is C21H21FN2O4S.